The molecule has 2 heterocycles. The van der Waals surface area contributed by atoms with Gasteiger partial charge in [-0.1, -0.05) is 36.4 Å². The zero-order valence-corrected chi connectivity index (χ0v) is 23.0. The van der Waals surface area contributed by atoms with Crippen LogP contribution in [-0.2, 0) is 20.7 Å². The van der Waals surface area contributed by atoms with Crippen LogP contribution in [0, 0.1) is 27.7 Å². The zero-order chi connectivity index (χ0) is 28.9. The van der Waals surface area contributed by atoms with E-state index in [9.17, 15) is 23.7 Å². The molecule has 0 radical (unpaired) electrons. The van der Waals surface area contributed by atoms with E-state index in [4.69, 9.17) is 9.47 Å². The number of nitrogens with zero attached hydrogens (tertiary/aromatic N) is 2. The number of carbonyl (C=O) groups is 1. The van der Waals surface area contributed by atoms with Crippen molar-refractivity contribution in [2.45, 2.75) is 62.8 Å². The van der Waals surface area contributed by atoms with Gasteiger partial charge in [-0.3, -0.25) is 19.8 Å². The van der Waals surface area contributed by atoms with E-state index in [1.54, 1.807) is 36.4 Å². The van der Waals surface area contributed by atoms with E-state index in [0.717, 1.165) is 36.0 Å². The smallest absolute Gasteiger partial charge is 0.305 e. The standard InChI is InChI=1S/C32H34F2N2O5/c1-35-27-17-18-29(35)28(20-40-31(37)4-2-3-21-5-15-26(16-6-21)36(38)39)30(19-27)41-32(22-7-11-24(33)12-8-22)23-9-13-25(34)14-10-23/h5-16,27-30,32H,2-4,17-20H2,1H3/t27?,28-,29+,30-/m1/s1. The first-order chi connectivity index (χ1) is 19.8. The number of aryl methyl sites for hydroxylation is 1. The van der Waals surface area contributed by atoms with Crippen LogP contribution in [0.4, 0.5) is 14.5 Å². The molecule has 2 fully saturated rings. The Morgan fingerprint density at radius 2 is 1.59 bits per heavy atom. The molecule has 2 bridgehead atoms. The van der Waals surface area contributed by atoms with Gasteiger partial charge in [-0.2, -0.15) is 0 Å². The van der Waals surface area contributed by atoms with Crippen LogP contribution in [0.5, 0.6) is 0 Å². The Morgan fingerprint density at radius 3 is 2.17 bits per heavy atom. The third-order valence-corrected chi connectivity index (χ3v) is 8.46. The number of hydrogen-bond donors (Lipinski definition) is 0. The first kappa shape index (κ1) is 28.8. The molecule has 0 amide bonds. The van der Waals surface area contributed by atoms with Crippen molar-refractivity contribution < 1.29 is 28.0 Å². The molecule has 0 saturated carbocycles. The molecule has 2 aliphatic heterocycles. The fourth-order valence-electron chi connectivity index (χ4n) is 6.19. The van der Waals surface area contributed by atoms with E-state index in [2.05, 4.69) is 11.9 Å². The number of piperidine rings is 1. The molecular weight excluding hydrogens is 530 g/mol. The first-order valence-electron chi connectivity index (χ1n) is 14.1. The highest BCUT2D eigenvalue weighted by atomic mass is 19.1. The monoisotopic (exact) mass is 564 g/mol. The van der Waals surface area contributed by atoms with Gasteiger partial charge in [-0.15, -0.1) is 0 Å². The number of halogens is 2. The number of fused-ring (bicyclic) bond motifs is 2. The summed E-state index contributed by atoms with van der Waals surface area (Å²) in [5, 5.41) is 10.8. The lowest BCUT2D eigenvalue weighted by Crippen LogP contribution is -2.52. The van der Waals surface area contributed by atoms with Crippen molar-refractivity contribution in [2.24, 2.45) is 5.92 Å². The Kier molecular flexibility index (Phi) is 9.05. The summed E-state index contributed by atoms with van der Waals surface area (Å²) in [7, 11) is 2.11. The van der Waals surface area contributed by atoms with Crippen molar-refractivity contribution in [3.8, 4) is 0 Å². The molecule has 41 heavy (non-hydrogen) atoms. The van der Waals surface area contributed by atoms with Crippen LogP contribution < -0.4 is 0 Å². The minimum Gasteiger partial charge on any atom is -0.465 e. The highest BCUT2D eigenvalue weighted by Gasteiger charge is 2.47. The fraction of sp³-hybridized carbons (Fsp3) is 0.406. The second kappa shape index (κ2) is 12.9. The lowest BCUT2D eigenvalue weighted by atomic mass is 9.87. The Labute approximate surface area is 238 Å². The summed E-state index contributed by atoms with van der Waals surface area (Å²) in [5.74, 6) is -1.03. The van der Waals surface area contributed by atoms with Gasteiger partial charge in [0.15, 0.2) is 0 Å². The van der Waals surface area contributed by atoms with Crippen LogP contribution in [0.15, 0.2) is 72.8 Å². The number of rotatable bonds is 11. The highest BCUT2D eigenvalue weighted by molar-refractivity contribution is 5.69. The van der Waals surface area contributed by atoms with E-state index >= 15 is 0 Å². The van der Waals surface area contributed by atoms with E-state index < -0.39 is 11.0 Å². The van der Waals surface area contributed by atoms with E-state index in [1.807, 2.05) is 0 Å². The Bertz CT molecular complexity index is 1290. The van der Waals surface area contributed by atoms with E-state index in [0.29, 0.717) is 18.9 Å². The van der Waals surface area contributed by atoms with Crippen molar-refractivity contribution in [3.63, 3.8) is 0 Å². The fourth-order valence-corrected chi connectivity index (χ4v) is 6.19. The normalized spacial score (nSPS) is 22.1. The van der Waals surface area contributed by atoms with Gasteiger partial charge in [-0.05, 0) is 80.1 Å². The predicted octanol–water partition coefficient (Wildman–Crippen LogP) is 6.40. The van der Waals surface area contributed by atoms with Crippen molar-refractivity contribution in [2.75, 3.05) is 13.7 Å². The molecule has 0 N–H and O–H groups in total. The minimum atomic E-state index is -0.524. The number of esters is 1. The number of benzene rings is 3. The lowest BCUT2D eigenvalue weighted by Gasteiger charge is -2.43. The van der Waals surface area contributed by atoms with Gasteiger partial charge in [0.25, 0.3) is 5.69 Å². The van der Waals surface area contributed by atoms with Gasteiger partial charge < -0.3 is 9.47 Å². The molecule has 0 aliphatic carbocycles. The summed E-state index contributed by atoms with van der Waals surface area (Å²) in [6.07, 6.45) is 3.50. The van der Waals surface area contributed by atoms with Gasteiger partial charge in [0.2, 0.25) is 0 Å². The maximum Gasteiger partial charge on any atom is 0.305 e. The van der Waals surface area contributed by atoms with Crippen LogP contribution in [-0.4, -0.2) is 47.6 Å². The number of ether oxygens (including phenoxy) is 2. The molecular formula is C32H34F2N2O5. The second-order valence-electron chi connectivity index (χ2n) is 11.0. The summed E-state index contributed by atoms with van der Waals surface area (Å²) in [6, 6.07) is 19.2. The van der Waals surface area contributed by atoms with E-state index in [1.165, 1.54) is 36.4 Å². The molecule has 4 atom stereocenters. The lowest BCUT2D eigenvalue weighted by molar-refractivity contribution is -0.384. The maximum absolute atomic E-state index is 13.7. The Morgan fingerprint density at radius 1 is 0.976 bits per heavy atom. The molecule has 1 unspecified atom stereocenters. The van der Waals surface area contributed by atoms with Gasteiger partial charge >= 0.3 is 5.97 Å². The molecule has 9 heteroatoms. The zero-order valence-electron chi connectivity index (χ0n) is 23.0. The molecule has 3 aromatic rings. The molecule has 3 aromatic carbocycles. The Balaban J connectivity index is 1.24. The van der Waals surface area contributed by atoms with Crippen LogP contribution >= 0.6 is 0 Å². The first-order valence-corrected chi connectivity index (χ1v) is 14.1. The average Bonchev–Trinajstić information content (AvgIpc) is 3.21. The molecule has 216 valence electrons. The summed E-state index contributed by atoms with van der Waals surface area (Å²) >= 11 is 0. The summed E-state index contributed by atoms with van der Waals surface area (Å²) in [6.45, 7) is 0.225. The summed E-state index contributed by atoms with van der Waals surface area (Å²) < 4.78 is 40.0. The van der Waals surface area contributed by atoms with Crippen molar-refractivity contribution >= 4 is 11.7 Å². The van der Waals surface area contributed by atoms with Crippen LogP contribution in [0.25, 0.3) is 0 Å². The number of nitro groups is 1. The second-order valence-corrected chi connectivity index (χ2v) is 11.0. The predicted molar refractivity (Wildman–Crippen MR) is 149 cm³/mol. The Hall–Kier alpha value is -3.69. The summed E-state index contributed by atoms with van der Waals surface area (Å²) in [5.41, 5.74) is 2.51. The number of hydrogen-bond acceptors (Lipinski definition) is 6. The number of carbonyl (C=O) groups excluding carboxylic acids is 1. The number of nitro benzene ring substituents is 1. The summed E-state index contributed by atoms with van der Waals surface area (Å²) in [4.78, 5) is 25.5. The van der Waals surface area contributed by atoms with Crippen LogP contribution in [0.2, 0.25) is 0 Å². The third-order valence-electron chi connectivity index (χ3n) is 8.46. The van der Waals surface area contributed by atoms with Crippen LogP contribution in [0.3, 0.4) is 0 Å². The molecule has 7 nitrogen and oxygen atoms in total. The third kappa shape index (κ3) is 6.97. The average molecular weight is 565 g/mol. The highest BCUT2D eigenvalue weighted by Crippen LogP contribution is 2.42. The molecule has 2 aliphatic rings. The largest absolute Gasteiger partial charge is 0.465 e. The van der Waals surface area contributed by atoms with Gasteiger partial charge in [0.05, 0.1) is 17.6 Å². The minimum absolute atomic E-state index is 0.0395. The van der Waals surface area contributed by atoms with E-state index in [-0.39, 0.29) is 54.4 Å². The molecule has 2 saturated heterocycles. The number of non-ortho nitro benzene ring substituents is 1. The van der Waals surface area contributed by atoms with Gasteiger partial charge in [0.1, 0.15) is 17.7 Å². The molecule has 0 aromatic heterocycles. The van der Waals surface area contributed by atoms with Gasteiger partial charge in [-0.25, -0.2) is 8.78 Å². The topological polar surface area (TPSA) is 81.9 Å². The SMILES string of the molecule is CN1C2CC[C@H]1[C@@H](COC(=O)CCCc1ccc([N+](=O)[O-])cc1)[C@H](OC(c1ccc(F)cc1)c1ccc(F)cc1)C2. The molecule has 0 spiro atoms. The van der Waals surface area contributed by atoms with Crippen LogP contribution in [0.1, 0.15) is 54.9 Å². The van der Waals surface area contributed by atoms with Gasteiger partial charge in [0, 0.05) is 36.6 Å². The quantitative estimate of drug-likeness (QED) is 0.152. The van der Waals surface area contributed by atoms with Crippen molar-refractivity contribution in [1.82, 2.24) is 4.90 Å². The maximum atomic E-state index is 13.7. The van der Waals surface area contributed by atoms with Crippen molar-refractivity contribution in [1.29, 1.82) is 0 Å². The van der Waals surface area contributed by atoms with Crippen molar-refractivity contribution in [3.05, 3.63) is 111 Å². The molecule has 5 rings (SSSR count).